The first-order chi connectivity index (χ1) is 12.7. The zero-order valence-electron chi connectivity index (χ0n) is 14.1. The molecule has 0 aliphatic heterocycles. The molecule has 0 radical (unpaired) electrons. The highest BCUT2D eigenvalue weighted by atomic mass is 35.5. The van der Waals surface area contributed by atoms with E-state index in [9.17, 15) is 22.8 Å². The molecule has 0 heterocycles. The van der Waals surface area contributed by atoms with Crippen molar-refractivity contribution in [2.45, 2.75) is 12.6 Å². The zero-order valence-corrected chi connectivity index (χ0v) is 14.9. The number of amides is 1. The molecular formula is C18H15ClF3NO4. The van der Waals surface area contributed by atoms with Crippen molar-refractivity contribution in [1.29, 1.82) is 0 Å². The molecule has 1 amide bonds. The van der Waals surface area contributed by atoms with E-state index in [4.69, 9.17) is 21.1 Å². The van der Waals surface area contributed by atoms with Gasteiger partial charge in [-0.15, -0.1) is 0 Å². The van der Waals surface area contributed by atoms with E-state index in [1.54, 1.807) is 12.1 Å². The molecule has 0 aliphatic rings. The minimum Gasteiger partial charge on any atom is -0.495 e. The molecule has 2 aromatic carbocycles. The summed E-state index contributed by atoms with van der Waals surface area (Å²) in [7, 11) is 1.41. The minimum absolute atomic E-state index is 0.131. The molecule has 9 heteroatoms. The van der Waals surface area contributed by atoms with Crippen molar-refractivity contribution in [3.8, 4) is 5.75 Å². The number of rotatable bonds is 6. The Morgan fingerprint density at radius 3 is 2.56 bits per heavy atom. The molecule has 2 rings (SSSR count). The van der Waals surface area contributed by atoms with Crippen molar-refractivity contribution >= 4 is 29.2 Å². The van der Waals surface area contributed by atoms with E-state index >= 15 is 0 Å². The van der Waals surface area contributed by atoms with Gasteiger partial charge in [0.2, 0.25) is 0 Å². The zero-order chi connectivity index (χ0) is 20.0. The summed E-state index contributed by atoms with van der Waals surface area (Å²) in [4.78, 5) is 23.7. The lowest BCUT2D eigenvalue weighted by atomic mass is 10.1. The number of methoxy groups -OCH3 is 1. The number of carbonyl (C=O) groups is 2. The van der Waals surface area contributed by atoms with Crippen molar-refractivity contribution in [3.05, 3.63) is 58.6 Å². The highest BCUT2D eigenvalue weighted by Crippen LogP contribution is 2.30. The second kappa shape index (κ2) is 8.77. The number of anilines is 1. The first-order valence-corrected chi connectivity index (χ1v) is 8.02. The maximum Gasteiger partial charge on any atom is 0.416 e. The van der Waals surface area contributed by atoms with Crippen LogP contribution in [-0.4, -0.2) is 25.6 Å². The molecule has 5 nitrogen and oxygen atoms in total. The van der Waals surface area contributed by atoms with Gasteiger partial charge in [0.25, 0.3) is 5.91 Å². The fraction of sp³-hybridized carbons (Fsp3) is 0.222. The Balaban J connectivity index is 1.90. The minimum atomic E-state index is -4.50. The largest absolute Gasteiger partial charge is 0.495 e. The molecule has 0 aliphatic carbocycles. The van der Waals surface area contributed by atoms with Crippen LogP contribution < -0.4 is 10.1 Å². The molecule has 144 valence electrons. The van der Waals surface area contributed by atoms with Crippen LogP contribution in [0.2, 0.25) is 5.02 Å². The van der Waals surface area contributed by atoms with Gasteiger partial charge in [-0.2, -0.15) is 13.2 Å². The Kier molecular flexibility index (Phi) is 6.68. The molecule has 0 aromatic heterocycles. The molecule has 1 N–H and O–H groups in total. The van der Waals surface area contributed by atoms with Crippen LogP contribution in [0, 0.1) is 0 Å². The van der Waals surface area contributed by atoms with Crippen LogP contribution in [0.25, 0.3) is 0 Å². The fourth-order valence-corrected chi connectivity index (χ4v) is 2.36. The Morgan fingerprint density at radius 1 is 1.15 bits per heavy atom. The Morgan fingerprint density at radius 2 is 1.89 bits per heavy atom. The number of hydrogen-bond acceptors (Lipinski definition) is 4. The average Bonchev–Trinajstić information content (AvgIpc) is 2.60. The quantitative estimate of drug-likeness (QED) is 0.740. The van der Waals surface area contributed by atoms with Gasteiger partial charge < -0.3 is 14.8 Å². The summed E-state index contributed by atoms with van der Waals surface area (Å²) in [5.74, 6) is -1.11. The molecule has 0 unspecified atom stereocenters. The van der Waals surface area contributed by atoms with Gasteiger partial charge in [0.15, 0.2) is 6.61 Å². The summed E-state index contributed by atoms with van der Waals surface area (Å²) in [6.45, 7) is -0.604. The third-order valence-corrected chi connectivity index (χ3v) is 3.64. The van der Waals surface area contributed by atoms with Crippen molar-refractivity contribution < 1.29 is 32.2 Å². The van der Waals surface area contributed by atoms with Crippen molar-refractivity contribution in [2.24, 2.45) is 0 Å². The van der Waals surface area contributed by atoms with Gasteiger partial charge >= 0.3 is 12.1 Å². The van der Waals surface area contributed by atoms with Gasteiger partial charge in [0.1, 0.15) is 5.75 Å². The molecule has 2 aromatic rings. The maximum atomic E-state index is 12.7. The van der Waals surface area contributed by atoms with Crippen LogP contribution in [0.4, 0.5) is 18.9 Å². The summed E-state index contributed by atoms with van der Waals surface area (Å²) in [6.07, 6.45) is -4.90. The molecule has 0 atom stereocenters. The highest BCUT2D eigenvalue weighted by molar-refractivity contribution is 6.31. The predicted octanol–water partition coefficient (Wildman–Crippen LogP) is 4.09. The molecule has 0 fully saturated rings. The van der Waals surface area contributed by atoms with E-state index in [0.717, 1.165) is 12.1 Å². The van der Waals surface area contributed by atoms with E-state index in [1.165, 1.54) is 25.3 Å². The lowest BCUT2D eigenvalue weighted by Gasteiger charge is -2.11. The van der Waals surface area contributed by atoms with Crippen LogP contribution in [0.1, 0.15) is 11.1 Å². The summed E-state index contributed by atoms with van der Waals surface area (Å²) in [5.41, 5.74) is -0.436. The number of halogens is 4. The van der Waals surface area contributed by atoms with Gasteiger partial charge in [0.05, 0.1) is 24.8 Å². The van der Waals surface area contributed by atoms with Crippen LogP contribution in [0.15, 0.2) is 42.5 Å². The summed E-state index contributed by atoms with van der Waals surface area (Å²) in [6, 6.07) is 8.92. The van der Waals surface area contributed by atoms with Gasteiger partial charge in [-0.05, 0) is 29.8 Å². The highest BCUT2D eigenvalue weighted by Gasteiger charge is 2.30. The van der Waals surface area contributed by atoms with Crippen LogP contribution in [0.5, 0.6) is 5.75 Å². The SMILES string of the molecule is COc1ccc(Cl)cc1NC(=O)COC(=O)Cc1cccc(C(F)(F)F)c1. The molecule has 0 bridgehead atoms. The molecule has 0 saturated carbocycles. The second-order valence-electron chi connectivity index (χ2n) is 5.43. The number of benzene rings is 2. The third kappa shape index (κ3) is 6.18. The Bertz CT molecular complexity index is 840. The predicted molar refractivity (Wildman–Crippen MR) is 92.7 cm³/mol. The first kappa shape index (κ1) is 20.6. The van der Waals surface area contributed by atoms with Crippen LogP contribution in [0.3, 0.4) is 0 Å². The number of ether oxygens (including phenoxy) is 2. The smallest absolute Gasteiger partial charge is 0.416 e. The lowest BCUT2D eigenvalue weighted by Crippen LogP contribution is -2.22. The van der Waals surface area contributed by atoms with E-state index in [1.807, 2.05) is 0 Å². The summed E-state index contributed by atoms with van der Waals surface area (Å²) < 4.78 is 47.9. The second-order valence-corrected chi connectivity index (χ2v) is 5.86. The molecule has 27 heavy (non-hydrogen) atoms. The third-order valence-electron chi connectivity index (χ3n) is 3.40. The normalized spacial score (nSPS) is 11.0. The molecular weight excluding hydrogens is 387 g/mol. The number of alkyl halides is 3. The van der Waals surface area contributed by atoms with E-state index in [0.29, 0.717) is 16.5 Å². The number of nitrogens with one attached hydrogen (secondary N) is 1. The van der Waals surface area contributed by atoms with Crippen molar-refractivity contribution in [2.75, 3.05) is 19.0 Å². The average molecular weight is 402 g/mol. The van der Waals surface area contributed by atoms with E-state index < -0.39 is 36.6 Å². The number of carbonyl (C=O) groups excluding carboxylic acids is 2. The van der Waals surface area contributed by atoms with Crippen molar-refractivity contribution in [1.82, 2.24) is 0 Å². The summed E-state index contributed by atoms with van der Waals surface area (Å²) >= 11 is 5.85. The Labute approximate surface area is 158 Å². The molecule has 0 spiro atoms. The van der Waals surface area contributed by atoms with Gasteiger partial charge in [0, 0.05) is 5.02 Å². The summed E-state index contributed by atoms with van der Waals surface area (Å²) in [5, 5.41) is 2.84. The topological polar surface area (TPSA) is 64.6 Å². The van der Waals surface area contributed by atoms with E-state index in [-0.39, 0.29) is 5.56 Å². The van der Waals surface area contributed by atoms with Crippen LogP contribution in [-0.2, 0) is 26.9 Å². The first-order valence-electron chi connectivity index (χ1n) is 7.64. The molecule has 0 saturated heterocycles. The van der Waals surface area contributed by atoms with Gasteiger partial charge in [-0.3, -0.25) is 9.59 Å². The number of hydrogen-bond donors (Lipinski definition) is 1. The number of esters is 1. The fourth-order valence-electron chi connectivity index (χ4n) is 2.19. The Hall–Kier alpha value is -2.74. The van der Waals surface area contributed by atoms with Crippen LogP contribution >= 0.6 is 11.6 Å². The van der Waals surface area contributed by atoms with Crippen molar-refractivity contribution in [3.63, 3.8) is 0 Å². The van der Waals surface area contributed by atoms with Gasteiger partial charge in [-0.25, -0.2) is 0 Å². The standard InChI is InChI=1S/C18H15ClF3NO4/c1-26-15-6-5-13(19)9-14(15)23-16(24)10-27-17(25)8-11-3-2-4-12(7-11)18(20,21)22/h2-7,9H,8,10H2,1H3,(H,23,24). The lowest BCUT2D eigenvalue weighted by molar-refractivity contribution is -0.146. The van der Waals surface area contributed by atoms with Gasteiger partial charge in [-0.1, -0.05) is 29.8 Å². The maximum absolute atomic E-state index is 12.7. The van der Waals surface area contributed by atoms with E-state index in [2.05, 4.69) is 5.32 Å². The monoisotopic (exact) mass is 401 g/mol.